The molecule has 0 atom stereocenters. The van der Waals surface area contributed by atoms with Crippen LogP contribution in [0.5, 0.6) is 0 Å². The van der Waals surface area contributed by atoms with Crippen LogP contribution in [0.3, 0.4) is 0 Å². The smallest absolute Gasteiger partial charge is 0.274 e. The molecular formula is C12H16N4O. The third-order valence-electron chi connectivity index (χ3n) is 2.95. The van der Waals surface area contributed by atoms with E-state index in [9.17, 15) is 4.79 Å². The van der Waals surface area contributed by atoms with E-state index in [-0.39, 0.29) is 5.56 Å². The molecule has 1 aromatic heterocycles. The molecule has 5 nitrogen and oxygen atoms in total. The summed E-state index contributed by atoms with van der Waals surface area (Å²) in [5.41, 5.74) is 1.91. The first kappa shape index (κ1) is 11.6. The first-order valence-corrected chi connectivity index (χ1v) is 5.78. The minimum absolute atomic E-state index is 0.237. The van der Waals surface area contributed by atoms with Crippen LogP contribution in [0.1, 0.15) is 31.4 Å². The first-order chi connectivity index (χ1) is 8.24. The standard InChI is InChI=1S/C12H16N4O/c1-14-11-10(15-7-16-12(11)17)9(13)8-5-3-2-4-6-8/h5,7,13-14H,2-4,6H2,1H3,(H,15,16,17). The van der Waals surface area contributed by atoms with E-state index < -0.39 is 0 Å². The van der Waals surface area contributed by atoms with Crippen molar-refractivity contribution >= 4 is 11.4 Å². The van der Waals surface area contributed by atoms with Crippen molar-refractivity contribution in [2.24, 2.45) is 0 Å². The Bertz CT molecular complexity index is 515. The second kappa shape index (κ2) is 4.95. The quantitative estimate of drug-likeness (QED) is 0.693. The molecule has 17 heavy (non-hydrogen) atoms. The van der Waals surface area contributed by atoms with Gasteiger partial charge in [0, 0.05) is 7.05 Å². The Labute approximate surface area is 99.5 Å². The van der Waals surface area contributed by atoms with Gasteiger partial charge in [0.05, 0.1) is 12.0 Å². The summed E-state index contributed by atoms with van der Waals surface area (Å²) in [5, 5.41) is 11.0. The van der Waals surface area contributed by atoms with Crippen LogP contribution >= 0.6 is 0 Å². The molecule has 0 spiro atoms. The van der Waals surface area contributed by atoms with Gasteiger partial charge >= 0.3 is 0 Å². The Morgan fingerprint density at radius 2 is 2.35 bits per heavy atom. The fourth-order valence-electron chi connectivity index (χ4n) is 2.04. The van der Waals surface area contributed by atoms with Crippen molar-refractivity contribution in [2.75, 3.05) is 12.4 Å². The summed E-state index contributed by atoms with van der Waals surface area (Å²) in [6.45, 7) is 0. The lowest BCUT2D eigenvalue weighted by Crippen LogP contribution is -2.20. The Balaban J connectivity index is 2.40. The molecule has 1 aliphatic carbocycles. The highest BCUT2D eigenvalue weighted by atomic mass is 16.1. The molecular weight excluding hydrogens is 216 g/mol. The Morgan fingerprint density at radius 1 is 1.53 bits per heavy atom. The van der Waals surface area contributed by atoms with E-state index in [0.29, 0.717) is 17.1 Å². The van der Waals surface area contributed by atoms with Crippen molar-refractivity contribution in [3.8, 4) is 0 Å². The summed E-state index contributed by atoms with van der Waals surface area (Å²) < 4.78 is 0. The van der Waals surface area contributed by atoms with E-state index in [1.54, 1.807) is 7.05 Å². The van der Waals surface area contributed by atoms with Gasteiger partial charge in [-0.2, -0.15) is 0 Å². The molecule has 90 valence electrons. The molecule has 0 fully saturated rings. The van der Waals surface area contributed by atoms with Crippen molar-refractivity contribution in [3.05, 3.63) is 34.0 Å². The number of aromatic nitrogens is 2. The lowest BCUT2D eigenvalue weighted by atomic mass is 9.94. The normalized spacial score (nSPS) is 15.2. The zero-order valence-corrected chi connectivity index (χ0v) is 9.84. The van der Waals surface area contributed by atoms with Gasteiger partial charge in [-0.3, -0.25) is 10.2 Å². The predicted molar refractivity (Wildman–Crippen MR) is 67.8 cm³/mol. The molecule has 0 unspecified atom stereocenters. The molecule has 1 heterocycles. The highest BCUT2D eigenvalue weighted by molar-refractivity contribution is 6.12. The molecule has 0 amide bonds. The molecule has 3 N–H and O–H groups in total. The van der Waals surface area contributed by atoms with Crippen LogP contribution in [0, 0.1) is 5.41 Å². The van der Waals surface area contributed by atoms with Crippen LogP contribution in [-0.4, -0.2) is 22.7 Å². The number of nitrogens with zero attached hydrogens (tertiary/aromatic N) is 1. The number of aromatic amines is 1. The summed E-state index contributed by atoms with van der Waals surface area (Å²) in [6.07, 6.45) is 7.61. The molecule has 0 aromatic carbocycles. The van der Waals surface area contributed by atoms with E-state index in [1.807, 2.05) is 0 Å². The van der Waals surface area contributed by atoms with Gasteiger partial charge in [-0.25, -0.2) is 4.98 Å². The van der Waals surface area contributed by atoms with Crippen LogP contribution in [-0.2, 0) is 0 Å². The van der Waals surface area contributed by atoms with Crippen LogP contribution in [0.4, 0.5) is 5.69 Å². The lowest BCUT2D eigenvalue weighted by Gasteiger charge is -2.14. The molecule has 1 aromatic rings. The maximum atomic E-state index is 11.6. The number of anilines is 1. The molecule has 1 aliphatic rings. The van der Waals surface area contributed by atoms with Crippen LogP contribution in [0.25, 0.3) is 0 Å². The van der Waals surface area contributed by atoms with E-state index in [1.165, 1.54) is 12.7 Å². The van der Waals surface area contributed by atoms with Gasteiger partial charge in [0.25, 0.3) is 5.56 Å². The second-order valence-corrected chi connectivity index (χ2v) is 4.06. The van der Waals surface area contributed by atoms with Gasteiger partial charge in [0.2, 0.25) is 0 Å². The number of H-pyrrole nitrogens is 1. The summed E-state index contributed by atoms with van der Waals surface area (Å²) in [7, 11) is 1.66. The largest absolute Gasteiger partial charge is 0.382 e. The monoisotopic (exact) mass is 232 g/mol. The van der Waals surface area contributed by atoms with E-state index in [2.05, 4.69) is 21.4 Å². The topological polar surface area (TPSA) is 81.6 Å². The van der Waals surface area contributed by atoms with Crippen molar-refractivity contribution < 1.29 is 0 Å². The Kier molecular flexibility index (Phi) is 3.37. The van der Waals surface area contributed by atoms with Gasteiger partial charge in [-0.05, 0) is 31.3 Å². The lowest BCUT2D eigenvalue weighted by molar-refractivity contribution is 0.716. The van der Waals surface area contributed by atoms with Crippen LogP contribution in [0.2, 0.25) is 0 Å². The van der Waals surface area contributed by atoms with E-state index in [4.69, 9.17) is 5.41 Å². The molecule has 0 saturated carbocycles. The van der Waals surface area contributed by atoms with Gasteiger partial charge < -0.3 is 10.3 Å². The summed E-state index contributed by atoms with van der Waals surface area (Å²) in [4.78, 5) is 18.2. The Morgan fingerprint density at radius 3 is 3.00 bits per heavy atom. The third kappa shape index (κ3) is 2.27. The second-order valence-electron chi connectivity index (χ2n) is 4.06. The fourth-order valence-corrected chi connectivity index (χ4v) is 2.04. The summed E-state index contributed by atoms with van der Waals surface area (Å²) >= 11 is 0. The number of nitrogens with one attached hydrogen (secondary N) is 3. The number of hydrogen-bond donors (Lipinski definition) is 3. The summed E-state index contributed by atoms with van der Waals surface area (Å²) in [6, 6.07) is 0. The number of rotatable bonds is 3. The van der Waals surface area contributed by atoms with Crippen molar-refractivity contribution in [3.63, 3.8) is 0 Å². The van der Waals surface area contributed by atoms with Crippen molar-refractivity contribution in [2.45, 2.75) is 25.7 Å². The Hall–Kier alpha value is -1.91. The van der Waals surface area contributed by atoms with Crippen molar-refractivity contribution in [1.29, 1.82) is 5.41 Å². The SMILES string of the molecule is CNc1c(C(=N)C2=CCCCC2)nc[nH]c1=O. The van der Waals surface area contributed by atoms with Crippen molar-refractivity contribution in [1.82, 2.24) is 9.97 Å². The predicted octanol–water partition coefficient (Wildman–Crippen LogP) is 1.68. The highest BCUT2D eigenvalue weighted by Gasteiger charge is 2.16. The number of allylic oxidation sites excluding steroid dienone is 2. The molecule has 0 saturated heterocycles. The van der Waals surface area contributed by atoms with Crippen LogP contribution in [0.15, 0.2) is 22.8 Å². The molecule has 2 rings (SSSR count). The minimum atomic E-state index is -0.237. The maximum Gasteiger partial charge on any atom is 0.274 e. The average molecular weight is 232 g/mol. The van der Waals surface area contributed by atoms with Gasteiger partial charge in [0.1, 0.15) is 11.4 Å². The zero-order valence-electron chi connectivity index (χ0n) is 9.84. The zero-order chi connectivity index (χ0) is 12.3. The van der Waals surface area contributed by atoms with Gasteiger partial charge in [-0.1, -0.05) is 6.08 Å². The van der Waals surface area contributed by atoms with Crippen LogP contribution < -0.4 is 10.9 Å². The van der Waals surface area contributed by atoms with E-state index in [0.717, 1.165) is 24.8 Å². The molecule has 0 radical (unpaired) electrons. The molecule has 0 bridgehead atoms. The number of hydrogen-bond acceptors (Lipinski definition) is 4. The third-order valence-corrected chi connectivity index (χ3v) is 2.95. The minimum Gasteiger partial charge on any atom is -0.382 e. The molecule has 5 heteroatoms. The fraction of sp³-hybridized carbons (Fsp3) is 0.417. The summed E-state index contributed by atoms with van der Waals surface area (Å²) in [5.74, 6) is 0. The maximum absolute atomic E-state index is 11.6. The van der Waals surface area contributed by atoms with Gasteiger partial charge in [0.15, 0.2) is 0 Å². The highest BCUT2D eigenvalue weighted by Crippen LogP contribution is 2.22. The van der Waals surface area contributed by atoms with E-state index >= 15 is 0 Å². The van der Waals surface area contributed by atoms with Gasteiger partial charge in [-0.15, -0.1) is 0 Å². The first-order valence-electron chi connectivity index (χ1n) is 5.78. The average Bonchev–Trinajstić information content (AvgIpc) is 2.38. The molecule has 0 aliphatic heterocycles.